The number of aromatic nitrogens is 3. The van der Waals surface area contributed by atoms with E-state index >= 15 is 0 Å². The second-order valence-electron chi connectivity index (χ2n) is 5.82. The van der Waals surface area contributed by atoms with Gasteiger partial charge in [0.25, 0.3) is 0 Å². The van der Waals surface area contributed by atoms with Gasteiger partial charge in [-0.05, 0) is 30.6 Å². The van der Waals surface area contributed by atoms with Crippen molar-refractivity contribution in [3.8, 4) is 11.4 Å². The van der Waals surface area contributed by atoms with Gasteiger partial charge in [-0.25, -0.2) is 4.98 Å². The summed E-state index contributed by atoms with van der Waals surface area (Å²) in [4.78, 5) is 8.88. The fraction of sp³-hybridized carbons (Fsp3) is 0.100. The van der Waals surface area contributed by atoms with Crippen LogP contribution in [0.15, 0.2) is 59.3 Å². The molecular weight excluding hydrogens is 298 g/mol. The van der Waals surface area contributed by atoms with Crippen LogP contribution in [0.25, 0.3) is 44.4 Å². The molecule has 24 heavy (non-hydrogen) atoms. The van der Waals surface area contributed by atoms with Crippen molar-refractivity contribution < 1.29 is 8.53 Å². The van der Waals surface area contributed by atoms with E-state index in [4.69, 9.17) is 13.5 Å². The largest absolute Gasteiger partial charge is 0.455 e. The zero-order valence-corrected chi connectivity index (χ0v) is 12.9. The van der Waals surface area contributed by atoms with E-state index in [0.717, 1.165) is 22.0 Å². The minimum absolute atomic E-state index is 0.284. The van der Waals surface area contributed by atoms with Crippen molar-refractivity contribution in [3.63, 3.8) is 0 Å². The Labute approximate surface area is 142 Å². The number of benzene rings is 2. The third kappa shape index (κ3) is 1.68. The molecule has 0 unspecified atom stereocenters. The van der Waals surface area contributed by atoms with Crippen molar-refractivity contribution in [2.45, 2.75) is 6.85 Å². The van der Waals surface area contributed by atoms with Crippen molar-refractivity contribution in [2.24, 2.45) is 7.05 Å². The number of furan rings is 1. The van der Waals surface area contributed by atoms with Crippen LogP contribution in [0.2, 0.25) is 0 Å². The van der Waals surface area contributed by atoms with E-state index in [1.165, 1.54) is 0 Å². The van der Waals surface area contributed by atoms with Crippen LogP contribution in [0, 0.1) is 6.85 Å². The Hall–Kier alpha value is -3.14. The third-order valence-electron chi connectivity index (χ3n) is 4.45. The highest BCUT2D eigenvalue weighted by Crippen LogP contribution is 2.37. The monoisotopic (exact) mass is 316 g/mol. The molecule has 0 fully saturated rings. The molecule has 0 spiro atoms. The first-order chi connectivity index (χ1) is 12.9. The first-order valence-electron chi connectivity index (χ1n) is 9.17. The average Bonchev–Trinajstić information content (AvgIpc) is 3.19. The molecule has 3 heterocycles. The number of para-hydroxylation sites is 1. The normalized spacial score (nSPS) is 14.1. The first kappa shape index (κ1) is 10.6. The molecule has 0 radical (unpaired) electrons. The molecular formula is C20H15N3O. The summed E-state index contributed by atoms with van der Waals surface area (Å²) in [5.74, 6) is 0.708. The predicted octanol–water partition coefficient (Wildman–Crippen LogP) is 4.84. The van der Waals surface area contributed by atoms with Crippen LogP contribution in [-0.4, -0.2) is 14.5 Å². The lowest BCUT2D eigenvalue weighted by atomic mass is 10.0. The van der Waals surface area contributed by atoms with Crippen LogP contribution < -0.4 is 0 Å². The Morgan fingerprint density at radius 1 is 1.12 bits per heavy atom. The molecule has 4 nitrogen and oxygen atoms in total. The summed E-state index contributed by atoms with van der Waals surface area (Å²) >= 11 is 0. The topological polar surface area (TPSA) is 43.9 Å². The summed E-state index contributed by atoms with van der Waals surface area (Å²) in [5.41, 5.74) is 3.96. The van der Waals surface area contributed by atoms with Gasteiger partial charge in [-0.2, -0.15) is 0 Å². The third-order valence-corrected chi connectivity index (χ3v) is 4.45. The van der Waals surface area contributed by atoms with Gasteiger partial charge >= 0.3 is 0 Å². The van der Waals surface area contributed by atoms with E-state index in [-0.39, 0.29) is 5.56 Å². The highest BCUT2D eigenvalue weighted by Gasteiger charge is 2.18. The molecule has 0 amide bonds. The van der Waals surface area contributed by atoms with Gasteiger partial charge in [0.2, 0.25) is 0 Å². The van der Waals surface area contributed by atoms with Crippen LogP contribution in [-0.2, 0) is 7.05 Å². The van der Waals surface area contributed by atoms with Crippen molar-refractivity contribution >= 4 is 33.0 Å². The molecule has 0 atom stereocenters. The van der Waals surface area contributed by atoms with Crippen LogP contribution in [0.1, 0.15) is 9.68 Å². The highest BCUT2D eigenvalue weighted by molar-refractivity contribution is 6.11. The molecule has 0 saturated carbocycles. The smallest absolute Gasteiger partial charge is 0.146 e. The highest BCUT2D eigenvalue weighted by atomic mass is 16.3. The molecule has 5 aromatic rings. The molecule has 0 N–H and O–H groups in total. The van der Waals surface area contributed by atoms with Crippen molar-refractivity contribution in [1.82, 2.24) is 14.5 Å². The quantitative estimate of drug-likeness (QED) is 0.444. The Bertz CT molecular complexity index is 1330. The summed E-state index contributed by atoms with van der Waals surface area (Å²) in [7, 11) is 1.92. The second kappa shape index (κ2) is 4.68. The van der Waals surface area contributed by atoms with E-state index in [0.29, 0.717) is 22.4 Å². The van der Waals surface area contributed by atoms with Gasteiger partial charge in [-0.15, -0.1) is 0 Å². The molecule has 2 aromatic carbocycles. The molecule has 0 aliphatic carbocycles. The van der Waals surface area contributed by atoms with E-state index in [1.807, 2.05) is 41.9 Å². The molecule has 4 heteroatoms. The van der Waals surface area contributed by atoms with Gasteiger partial charge in [0, 0.05) is 28.1 Å². The summed E-state index contributed by atoms with van der Waals surface area (Å²) in [6.45, 7) is -2.24. The molecule has 0 bridgehead atoms. The summed E-state index contributed by atoms with van der Waals surface area (Å²) < 4.78 is 31.9. The number of hydrogen-bond acceptors (Lipinski definition) is 3. The minimum Gasteiger partial charge on any atom is -0.455 e. The Morgan fingerprint density at radius 3 is 2.92 bits per heavy atom. The van der Waals surface area contributed by atoms with Crippen LogP contribution in [0.4, 0.5) is 0 Å². The zero-order chi connectivity index (χ0) is 18.8. The van der Waals surface area contributed by atoms with Gasteiger partial charge < -0.3 is 8.98 Å². The SMILES string of the molecule is [2H]C([2H])([2H])c1ccc(-c2nc3ccncc3n2C)c2oc3ccccc3c12. The number of nitrogens with zero attached hydrogens (tertiary/aromatic N) is 3. The predicted molar refractivity (Wildman–Crippen MR) is 96.0 cm³/mol. The van der Waals surface area contributed by atoms with Gasteiger partial charge in [0.15, 0.2) is 0 Å². The van der Waals surface area contributed by atoms with E-state index in [2.05, 4.69) is 4.98 Å². The van der Waals surface area contributed by atoms with Gasteiger partial charge in [-0.3, -0.25) is 4.98 Å². The van der Waals surface area contributed by atoms with E-state index < -0.39 is 6.85 Å². The maximum absolute atomic E-state index is 7.94. The van der Waals surface area contributed by atoms with Crippen LogP contribution in [0.5, 0.6) is 0 Å². The Morgan fingerprint density at radius 2 is 2.04 bits per heavy atom. The summed E-state index contributed by atoms with van der Waals surface area (Å²) in [6, 6.07) is 12.8. The van der Waals surface area contributed by atoms with Gasteiger partial charge in [0.05, 0.1) is 22.8 Å². The first-order valence-corrected chi connectivity index (χ1v) is 7.67. The Balaban J connectivity index is 1.93. The number of pyridine rings is 1. The van der Waals surface area contributed by atoms with Crippen LogP contribution in [0.3, 0.4) is 0 Å². The molecule has 0 aliphatic rings. The number of rotatable bonds is 1. The van der Waals surface area contributed by atoms with Gasteiger partial charge in [-0.1, -0.05) is 24.3 Å². The summed E-state index contributed by atoms with van der Waals surface area (Å²) in [6.07, 6.45) is 3.46. The maximum atomic E-state index is 7.94. The van der Waals surface area contributed by atoms with Crippen molar-refractivity contribution in [2.75, 3.05) is 0 Å². The Kier molecular flexibility index (Phi) is 2.07. The molecule has 116 valence electrons. The number of aryl methyl sites for hydroxylation is 2. The molecule has 0 saturated heterocycles. The molecule has 3 aromatic heterocycles. The minimum atomic E-state index is -2.24. The lowest BCUT2D eigenvalue weighted by Crippen LogP contribution is -1.93. The molecule has 5 rings (SSSR count). The standard InChI is InChI=1S/C20H15N3O/c1-12-7-8-14(19-18(12)13-5-3-4-6-17(13)24-19)20-22-15-9-10-21-11-16(15)23(20)2/h3-11H,1-2H3/i1D3. The van der Waals surface area contributed by atoms with Gasteiger partial charge in [0.1, 0.15) is 17.0 Å². The molecule has 0 aliphatic heterocycles. The number of hydrogen-bond donors (Lipinski definition) is 0. The zero-order valence-electron chi connectivity index (χ0n) is 15.9. The number of imidazole rings is 1. The number of fused-ring (bicyclic) bond motifs is 4. The van der Waals surface area contributed by atoms with Crippen molar-refractivity contribution in [3.05, 3.63) is 60.4 Å². The summed E-state index contributed by atoms with van der Waals surface area (Å²) in [5, 5.41) is 1.41. The van der Waals surface area contributed by atoms with E-state index in [1.54, 1.807) is 24.5 Å². The van der Waals surface area contributed by atoms with Crippen LogP contribution >= 0.6 is 0 Å². The lowest BCUT2D eigenvalue weighted by Gasteiger charge is -2.05. The van der Waals surface area contributed by atoms with Crippen molar-refractivity contribution in [1.29, 1.82) is 0 Å². The fourth-order valence-corrected chi connectivity index (χ4v) is 3.28. The maximum Gasteiger partial charge on any atom is 0.146 e. The van der Waals surface area contributed by atoms with E-state index in [9.17, 15) is 0 Å². The lowest BCUT2D eigenvalue weighted by molar-refractivity contribution is 0.669. The second-order valence-corrected chi connectivity index (χ2v) is 5.82. The fourth-order valence-electron chi connectivity index (χ4n) is 3.28. The average molecular weight is 316 g/mol.